The third-order valence-corrected chi connectivity index (χ3v) is 8.10. The Labute approximate surface area is 207 Å². The number of hydrogen-bond donors (Lipinski definition) is 1. The average molecular weight is 480 g/mol. The van der Waals surface area contributed by atoms with Crippen LogP contribution in [-0.4, -0.2) is 53.8 Å². The minimum atomic E-state index is -0.111. The first kappa shape index (κ1) is 23.4. The number of fused-ring (bicyclic) bond motifs is 1. The zero-order chi connectivity index (χ0) is 23.5. The van der Waals surface area contributed by atoms with E-state index in [2.05, 4.69) is 34.5 Å². The number of aryl methyl sites for hydroxylation is 1. The molecular formula is C28H34ClN3O2. The predicted molar refractivity (Wildman–Crippen MR) is 135 cm³/mol. The number of amides is 2. The normalized spacial score (nSPS) is 22.3. The first-order valence-electron chi connectivity index (χ1n) is 12.8. The Morgan fingerprint density at radius 2 is 1.68 bits per heavy atom. The quantitative estimate of drug-likeness (QED) is 0.666. The second-order valence-electron chi connectivity index (χ2n) is 9.98. The lowest BCUT2D eigenvalue weighted by Gasteiger charge is -2.41. The molecule has 1 heterocycles. The fourth-order valence-corrected chi connectivity index (χ4v) is 6.31. The summed E-state index contributed by atoms with van der Waals surface area (Å²) in [7, 11) is 0. The molecule has 1 saturated carbocycles. The summed E-state index contributed by atoms with van der Waals surface area (Å²) in [5.41, 5.74) is 3.27. The van der Waals surface area contributed by atoms with Crippen molar-refractivity contribution < 1.29 is 9.59 Å². The standard InChI is InChI=1S/C28H34ClN3O2/c29-23-12-5-11-22(19-23)28(34)32-17-15-31(16-18-32)26(21-8-1-2-9-21)27(33)30-25-14-6-10-20-7-3-4-13-24(20)25/h3-5,7,11-13,19,21,25-26H,1-2,6,8-10,14-18H2,(H,30,33). The van der Waals surface area contributed by atoms with Crippen LogP contribution in [0.5, 0.6) is 0 Å². The van der Waals surface area contributed by atoms with Gasteiger partial charge in [-0.3, -0.25) is 14.5 Å². The molecule has 3 aliphatic rings. The van der Waals surface area contributed by atoms with E-state index >= 15 is 0 Å². The molecule has 5 nitrogen and oxygen atoms in total. The molecule has 6 heteroatoms. The van der Waals surface area contributed by atoms with E-state index in [0.717, 1.165) is 45.2 Å². The highest BCUT2D eigenvalue weighted by Gasteiger charge is 2.38. The van der Waals surface area contributed by atoms with E-state index in [1.807, 2.05) is 17.0 Å². The van der Waals surface area contributed by atoms with Crippen molar-refractivity contribution in [3.63, 3.8) is 0 Å². The molecule has 2 unspecified atom stereocenters. The van der Waals surface area contributed by atoms with Gasteiger partial charge in [0.2, 0.25) is 5.91 Å². The largest absolute Gasteiger partial charge is 0.348 e. The summed E-state index contributed by atoms with van der Waals surface area (Å²) >= 11 is 6.09. The van der Waals surface area contributed by atoms with Gasteiger partial charge in [0.1, 0.15) is 0 Å². The molecule has 2 aromatic rings. The van der Waals surface area contributed by atoms with Crippen LogP contribution < -0.4 is 5.32 Å². The molecule has 0 bridgehead atoms. The van der Waals surface area contributed by atoms with Gasteiger partial charge < -0.3 is 10.2 Å². The molecule has 2 aliphatic carbocycles. The van der Waals surface area contributed by atoms with Crippen molar-refractivity contribution in [3.05, 3.63) is 70.2 Å². The SMILES string of the molecule is O=C(NC1CCCc2ccccc21)C(C1CCCC1)N1CCN(C(=O)c2cccc(Cl)c2)CC1. The highest BCUT2D eigenvalue weighted by molar-refractivity contribution is 6.30. The zero-order valence-electron chi connectivity index (χ0n) is 19.7. The Bertz CT molecular complexity index is 1030. The van der Waals surface area contributed by atoms with Crippen molar-refractivity contribution in [1.82, 2.24) is 15.1 Å². The highest BCUT2D eigenvalue weighted by atomic mass is 35.5. The van der Waals surface area contributed by atoms with Crippen LogP contribution in [0.25, 0.3) is 0 Å². The van der Waals surface area contributed by atoms with Gasteiger partial charge in [0.25, 0.3) is 5.91 Å². The molecule has 5 rings (SSSR count). The molecule has 2 fully saturated rings. The van der Waals surface area contributed by atoms with Crippen LogP contribution in [0.4, 0.5) is 0 Å². The molecular weight excluding hydrogens is 446 g/mol. The third-order valence-electron chi connectivity index (χ3n) is 7.87. The maximum atomic E-state index is 13.7. The molecule has 1 aliphatic heterocycles. The van der Waals surface area contributed by atoms with Crippen LogP contribution in [0.15, 0.2) is 48.5 Å². The summed E-state index contributed by atoms with van der Waals surface area (Å²) in [6.45, 7) is 2.71. The minimum Gasteiger partial charge on any atom is -0.348 e. The van der Waals surface area contributed by atoms with E-state index in [-0.39, 0.29) is 23.9 Å². The monoisotopic (exact) mass is 479 g/mol. The van der Waals surface area contributed by atoms with Crippen LogP contribution >= 0.6 is 11.6 Å². The van der Waals surface area contributed by atoms with Crippen LogP contribution in [0.1, 0.15) is 66.1 Å². The van der Waals surface area contributed by atoms with Gasteiger partial charge in [-0.05, 0) is 67.3 Å². The molecule has 34 heavy (non-hydrogen) atoms. The Morgan fingerprint density at radius 1 is 0.912 bits per heavy atom. The molecule has 0 radical (unpaired) electrons. The summed E-state index contributed by atoms with van der Waals surface area (Å²) in [5.74, 6) is 0.583. The van der Waals surface area contributed by atoms with Gasteiger partial charge in [0.15, 0.2) is 0 Å². The van der Waals surface area contributed by atoms with Gasteiger partial charge in [0, 0.05) is 36.8 Å². The second kappa shape index (κ2) is 10.5. The number of nitrogens with zero attached hydrogens (tertiary/aromatic N) is 2. The van der Waals surface area contributed by atoms with Gasteiger partial charge in [-0.1, -0.05) is 54.8 Å². The molecule has 2 amide bonds. The lowest BCUT2D eigenvalue weighted by molar-refractivity contribution is -0.130. The summed E-state index contributed by atoms with van der Waals surface area (Å²) in [6.07, 6.45) is 7.84. The first-order chi connectivity index (χ1) is 16.6. The lowest BCUT2D eigenvalue weighted by atomic mass is 9.87. The number of benzene rings is 2. The van der Waals surface area contributed by atoms with Crippen LogP contribution in [-0.2, 0) is 11.2 Å². The number of hydrogen-bond acceptors (Lipinski definition) is 3. The summed E-state index contributed by atoms with van der Waals surface area (Å²) < 4.78 is 0. The van der Waals surface area contributed by atoms with E-state index in [9.17, 15) is 9.59 Å². The van der Waals surface area contributed by atoms with E-state index in [1.54, 1.807) is 12.1 Å². The first-order valence-corrected chi connectivity index (χ1v) is 13.1. The summed E-state index contributed by atoms with van der Waals surface area (Å²) in [4.78, 5) is 30.9. The fraction of sp³-hybridized carbons (Fsp3) is 0.500. The molecule has 0 spiro atoms. The number of carbonyl (C=O) groups is 2. The number of rotatable bonds is 5. The molecule has 180 valence electrons. The maximum Gasteiger partial charge on any atom is 0.253 e. The van der Waals surface area contributed by atoms with Crippen molar-refractivity contribution in [3.8, 4) is 0 Å². The summed E-state index contributed by atoms with van der Waals surface area (Å²) in [6, 6.07) is 15.7. The van der Waals surface area contributed by atoms with E-state index in [1.165, 1.54) is 24.0 Å². The van der Waals surface area contributed by atoms with Gasteiger partial charge in [-0.2, -0.15) is 0 Å². The fourth-order valence-electron chi connectivity index (χ4n) is 6.12. The molecule has 0 aromatic heterocycles. The van der Waals surface area contributed by atoms with Crippen molar-refractivity contribution >= 4 is 23.4 Å². The average Bonchev–Trinajstić information content (AvgIpc) is 3.39. The van der Waals surface area contributed by atoms with E-state index < -0.39 is 0 Å². The Morgan fingerprint density at radius 3 is 2.44 bits per heavy atom. The number of halogens is 1. The number of carbonyl (C=O) groups excluding carboxylic acids is 2. The Hall–Kier alpha value is -2.37. The number of nitrogens with one attached hydrogen (secondary N) is 1. The van der Waals surface area contributed by atoms with E-state index in [0.29, 0.717) is 29.6 Å². The molecule has 2 aromatic carbocycles. The molecule has 1 N–H and O–H groups in total. The smallest absolute Gasteiger partial charge is 0.253 e. The van der Waals surface area contributed by atoms with Crippen LogP contribution in [0.3, 0.4) is 0 Å². The highest BCUT2D eigenvalue weighted by Crippen LogP contribution is 2.33. The number of piperazine rings is 1. The van der Waals surface area contributed by atoms with Gasteiger partial charge in [-0.15, -0.1) is 0 Å². The van der Waals surface area contributed by atoms with Crippen molar-refractivity contribution in [2.24, 2.45) is 5.92 Å². The third kappa shape index (κ3) is 5.01. The lowest BCUT2D eigenvalue weighted by Crippen LogP contribution is -2.58. The van der Waals surface area contributed by atoms with Crippen molar-refractivity contribution in [1.29, 1.82) is 0 Å². The second-order valence-corrected chi connectivity index (χ2v) is 10.4. The zero-order valence-corrected chi connectivity index (χ0v) is 20.5. The molecule has 1 saturated heterocycles. The Kier molecular flexibility index (Phi) is 7.21. The predicted octanol–water partition coefficient (Wildman–Crippen LogP) is 4.85. The van der Waals surface area contributed by atoms with Crippen molar-refractivity contribution in [2.75, 3.05) is 26.2 Å². The van der Waals surface area contributed by atoms with Gasteiger partial charge in [-0.25, -0.2) is 0 Å². The van der Waals surface area contributed by atoms with Crippen molar-refractivity contribution in [2.45, 2.75) is 57.0 Å². The molecule has 2 atom stereocenters. The van der Waals surface area contributed by atoms with E-state index in [4.69, 9.17) is 11.6 Å². The van der Waals surface area contributed by atoms with Gasteiger partial charge in [0.05, 0.1) is 12.1 Å². The van der Waals surface area contributed by atoms with Crippen LogP contribution in [0, 0.1) is 5.92 Å². The summed E-state index contributed by atoms with van der Waals surface area (Å²) in [5, 5.41) is 4.02. The maximum absolute atomic E-state index is 13.7. The van der Waals surface area contributed by atoms with Gasteiger partial charge >= 0.3 is 0 Å². The minimum absolute atomic E-state index is 0.0165. The topological polar surface area (TPSA) is 52.7 Å². The Balaban J connectivity index is 1.27. The van der Waals surface area contributed by atoms with Crippen LogP contribution in [0.2, 0.25) is 5.02 Å².